The van der Waals surface area contributed by atoms with Crippen LogP contribution in [0.3, 0.4) is 0 Å². The first-order valence-corrected chi connectivity index (χ1v) is 9.99. The van der Waals surface area contributed by atoms with E-state index in [1.54, 1.807) is 12.1 Å². The third kappa shape index (κ3) is 3.18. The SMILES string of the molecule is CC(=O)Nc1ccc([C@H]2c3ccc(O)cc3OC[C@H]2c2c[nH]c3ccccc23)cc1. The van der Waals surface area contributed by atoms with E-state index in [0.29, 0.717) is 12.4 Å². The van der Waals surface area contributed by atoms with E-state index >= 15 is 0 Å². The van der Waals surface area contributed by atoms with Gasteiger partial charge in [-0.05, 0) is 35.4 Å². The predicted octanol–water partition coefficient (Wildman–Crippen LogP) is 5.14. The van der Waals surface area contributed by atoms with E-state index in [1.165, 1.54) is 17.9 Å². The Kier molecular flexibility index (Phi) is 4.43. The minimum Gasteiger partial charge on any atom is -0.508 e. The van der Waals surface area contributed by atoms with Crippen LogP contribution in [0.1, 0.15) is 35.4 Å². The molecule has 4 aromatic rings. The summed E-state index contributed by atoms with van der Waals surface area (Å²) in [4.78, 5) is 14.8. The molecule has 150 valence electrons. The number of aromatic hydroxyl groups is 1. The number of para-hydroxylation sites is 1. The van der Waals surface area contributed by atoms with Crippen LogP contribution in [0.2, 0.25) is 0 Å². The van der Waals surface area contributed by atoms with Crippen LogP contribution in [0.4, 0.5) is 5.69 Å². The fourth-order valence-electron chi connectivity index (χ4n) is 4.46. The fourth-order valence-corrected chi connectivity index (χ4v) is 4.46. The lowest BCUT2D eigenvalue weighted by molar-refractivity contribution is -0.114. The van der Waals surface area contributed by atoms with E-state index in [-0.39, 0.29) is 23.5 Å². The van der Waals surface area contributed by atoms with Gasteiger partial charge in [-0.15, -0.1) is 0 Å². The number of hydrogen-bond acceptors (Lipinski definition) is 3. The Morgan fingerprint density at radius 3 is 2.67 bits per heavy atom. The highest BCUT2D eigenvalue weighted by atomic mass is 16.5. The molecular weight excluding hydrogens is 376 g/mol. The summed E-state index contributed by atoms with van der Waals surface area (Å²) in [6.45, 7) is 2.01. The van der Waals surface area contributed by atoms with Crippen molar-refractivity contribution in [1.82, 2.24) is 4.98 Å². The van der Waals surface area contributed by atoms with Crippen molar-refractivity contribution in [3.63, 3.8) is 0 Å². The summed E-state index contributed by atoms with van der Waals surface area (Å²) in [7, 11) is 0. The van der Waals surface area contributed by atoms with Gasteiger partial charge >= 0.3 is 0 Å². The minimum atomic E-state index is -0.0914. The number of phenols is 1. The van der Waals surface area contributed by atoms with Crippen LogP contribution < -0.4 is 10.1 Å². The second-order valence-electron chi connectivity index (χ2n) is 7.71. The van der Waals surface area contributed by atoms with Gasteiger partial charge in [-0.25, -0.2) is 0 Å². The van der Waals surface area contributed by atoms with Gasteiger partial charge in [0.2, 0.25) is 5.91 Å². The maximum atomic E-state index is 11.4. The number of phenolic OH excluding ortho intramolecular Hbond substituents is 1. The van der Waals surface area contributed by atoms with Gasteiger partial charge in [0.05, 0.1) is 6.61 Å². The molecule has 2 atom stereocenters. The summed E-state index contributed by atoms with van der Waals surface area (Å²) in [6, 6.07) is 21.6. The smallest absolute Gasteiger partial charge is 0.221 e. The van der Waals surface area contributed by atoms with Crippen LogP contribution in [-0.4, -0.2) is 22.6 Å². The van der Waals surface area contributed by atoms with Crippen molar-refractivity contribution in [1.29, 1.82) is 0 Å². The number of H-pyrrole nitrogens is 1. The molecule has 0 fully saturated rings. The molecule has 1 aromatic heterocycles. The quantitative estimate of drug-likeness (QED) is 0.447. The van der Waals surface area contributed by atoms with Gasteiger partial charge in [-0.1, -0.05) is 36.4 Å². The van der Waals surface area contributed by atoms with Crippen molar-refractivity contribution in [2.24, 2.45) is 0 Å². The highest BCUT2D eigenvalue weighted by Crippen LogP contribution is 2.48. The zero-order chi connectivity index (χ0) is 20.7. The molecule has 0 saturated carbocycles. The van der Waals surface area contributed by atoms with Crippen molar-refractivity contribution in [3.05, 3.63) is 89.6 Å². The normalized spacial score (nSPS) is 17.9. The Morgan fingerprint density at radius 2 is 1.87 bits per heavy atom. The van der Waals surface area contributed by atoms with Crippen molar-refractivity contribution in [2.75, 3.05) is 11.9 Å². The molecule has 0 spiro atoms. The molecular formula is C25H22N2O3. The Hall–Kier alpha value is -3.73. The highest BCUT2D eigenvalue weighted by molar-refractivity contribution is 5.88. The number of benzene rings is 3. The molecule has 0 unspecified atom stereocenters. The Balaban J connectivity index is 1.63. The maximum Gasteiger partial charge on any atom is 0.221 e. The van der Waals surface area contributed by atoms with Crippen molar-refractivity contribution >= 4 is 22.5 Å². The molecule has 1 amide bonds. The van der Waals surface area contributed by atoms with Crippen LogP contribution in [0, 0.1) is 0 Å². The van der Waals surface area contributed by atoms with Crippen molar-refractivity contribution < 1.29 is 14.6 Å². The average Bonchev–Trinajstić information content (AvgIpc) is 3.17. The first-order chi connectivity index (χ1) is 14.6. The average molecular weight is 398 g/mol. The number of aromatic amines is 1. The zero-order valence-corrected chi connectivity index (χ0v) is 16.6. The summed E-state index contributed by atoms with van der Waals surface area (Å²) in [6.07, 6.45) is 2.07. The topological polar surface area (TPSA) is 74.3 Å². The first kappa shape index (κ1) is 18.3. The first-order valence-electron chi connectivity index (χ1n) is 9.99. The molecule has 0 aliphatic carbocycles. The molecule has 0 saturated heterocycles. The number of ether oxygens (including phenoxy) is 1. The molecule has 1 aliphatic rings. The molecule has 1 aliphatic heterocycles. The fraction of sp³-hybridized carbons (Fsp3) is 0.160. The number of aromatic nitrogens is 1. The van der Waals surface area contributed by atoms with E-state index in [1.807, 2.05) is 30.3 Å². The third-order valence-electron chi connectivity index (χ3n) is 5.76. The van der Waals surface area contributed by atoms with Gasteiger partial charge in [0.25, 0.3) is 0 Å². The zero-order valence-electron chi connectivity index (χ0n) is 16.6. The van der Waals surface area contributed by atoms with E-state index in [4.69, 9.17) is 4.74 Å². The number of fused-ring (bicyclic) bond motifs is 2. The monoisotopic (exact) mass is 398 g/mol. The number of carbonyl (C=O) groups excluding carboxylic acids is 1. The van der Waals surface area contributed by atoms with Crippen LogP contribution >= 0.6 is 0 Å². The molecule has 5 nitrogen and oxygen atoms in total. The number of hydrogen-bond donors (Lipinski definition) is 3. The molecule has 30 heavy (non-hydrogen) atoms. The molecule has 0 radical (unpaired) electrons. The molecule has 2 heterocycles. The van der Waals surface area contributed by atoms with Gasteiger partial charge in [0, 0.05) is 53.2 Å². The standard InChI is InChI=1S/C25H22N2O3/c1-15(28)27-17-8-6-16(7-9-17)25-20-11-10-18(29)12-24(20)30-14-22(25)21-13-26-23-5-3-2-4-19(21)23/h2-13,22,25-26,29H,14H2,1H3,(H,27,28)/t22-,25-/m0/s1. The maximum absolute atomic E-state index is 11.4. The summed E-state index contributed by atoms with van der Waals surface area (Å²) < 4.78 is 6.09. The number of rotatable bonds is 3. The summed E-state index contributed by atoms with van der Waals surface area (Å²) in [5, 5.41) is 13.9. The van der Waals surface area contributed by atoms with E-state index < -0.39 is 0 Å². The van der Waals surface area contributed by atoms with Gasteiger partial charge < -0.3 is 20.1 Å². The number of carbonyl (C=O) groups is 1. The van der Waals surface area contributed by atoms with Gasteiger partial charge in [0.1, 0.15) is 11.5 Å². The summed E-state index contributed by atoms with van der Waals surface area (Å²) in [5.41, 5.74) is 5.26. The number of amides is 1. The molecule has 3 aromatic carbocycles. The largest absolute Gasteiger partial charge is 0.508 e. The van der Waals surface area contributed by atoms with E-state index in [0.717, 1.165) is 22.3 Å². The lowest BCUT2D eigenvalue weighted by Crippen LogP contribution is -2.25. The Bertz CT molecular complexity index is 1230. The van der Waals surface area contributed by atoms with Crippen LogP contribution in [-0.2, 0) is 4.79 Å². The van der Waals surface area contributed by atoms with Crippen LogP contribution in [0.5, 0.6) is 11.5 Å². The van der Waals surface area contributed by atoms with Crippen LogP contribution in [0.15, 0.2) is 72.9 Å². The molecule has 5 rings (SSSR count). The number of anilines is 1. The van der Waals surface area contributed by atoms with E-state index in [2.05, 4.69) is 40.8 Å². The predicted molar refractivity (Wildman–Crippen MR) is 117 cm³/mol. The lowest BCUT2D eigenvalue weighted by Gasteiger charge is -2.34. The van der Waals surface area contributed by atoms with Crippen LogP contribution in [0.25, 0.3) is 10.9 Å². The second-order valence-corrected chi connectivity index (χ2v) is 7.71. The number of nitrogens with one attached hydrogen (secondary N) is 2. The Labute approximate surface area is 174 Å². The van der Waals surface area contributed by atoms with Gasteiger partial charge in [-0.3, -0.25) is 4.79 Å². The summed E-state index contributed by atoms with van der Waals surface area (Å²) in [5.74, 6) is 0.970. The van der Waals surface area contributed by atoms with Crippen molar-refractivity contribution in [3.8, 4) is 11.5 Å². The van der Waals surface area contributed by atoms with E-state index in [9.17, 15) is 9.90 Å². The second kappa shape index (κ2) is 7.26. The van der Waals surface area contributed by atoms with Crippen molar-refractivity contribution in [2.45, 2.75) is 18.8 Å². The molecule has 3 N–H and O–H groups in total. The van der Waals surface area contributed by atoms with Gasteiger partial charge in [-0.2, -0.15) is 0 Å². The lowest BCUT2D eigenvalue weighted by atomic mass is 9.76. The minimum absolute atomic E-state index is 0.0555. The highest BCUT2D eigenvalue weighted by Gasteiger charge is 2.34. The van der Waals surface area contributed by atoms with Gasteiger partial charge in [0.15, 0.2) is 0 Å². The Morgan fingerprint density at radius 1 is 1.07 bits per heavy atom. The third-order valence-corrected chi connectivity index (χ3v) is 5.76. The molecule has 5 heteroatoms. The summed E-state index contributed by atoms with van der Waals surface area (Å²) >= 11 is 0. The molecule has 0 bridgehead atoms.